The summed E-state index contributed by atoms with van der Waals surface area (Å²) in [5.41, 5.74) is 6.93. The fourth-order valence-electron chi connectivity index (χ4n) is 4.51. The van der Waals surface area contributed by atoms with Crippen molar-refractivity contribution in [2.45, 2.75) is 38.7 Å². The Balaban J connectivity index is 0.00000272. The first-order chi connectivity index (χ1) is 14.5. The number of ether oxygens (including phenoxy) is 2. The minimum Gasteiger partial charge on any atom is -0.457 e. The lowest BCUT2D eigenvalue weighted by molar-refractivity contribution is 0.0503. The Labute approximate surface area is 189 Å². The van der Waals surface area contributed by atoms with E-state index in [1.165, 1.54) is 12.1 Å². The van der Waals surface area contributed by atoms with Gasteiger partial charge in [-0.05, 0) is 80.5 Å². The van der Waals surface area contributed by atoms with E-state index in [1.807, 2.05) is 24.3 Å². The number of likely N-dealkylation sites (tertiary alicyclic amines) is 1. The molecule has 0 saturated carbocycles. The molecule has 4 rings (SSSR count). The highest BCUT2D eigenvalue weighted by atomic mass is 35.5. The summed E-state index contributed by atoms with van der Waals surface area (Å²) in [6.07, 6.45) is 3.92. The Morgan fingerprint density at radius 2 is 1.87 bits per heavy atom. The van der Waals surface area contributed by atoms with E-state index in [9.17, 15) is 9.18 Å². The molecule has 2 heterocycles. The highest BCUT2D eigenvalue weighted by Gasteiger charge is 2.42. The van der Waals surface area contributed by atoms with Crippen molar-refractivity contribution < 1.29 is 18.7 Å². The maximum Gasteiger partial charge on any atom is 0.256 e. The predicted octanol–water partition coefficient (Wildman–Crippen LogP) is 4.57. The van der Waals surface area contributed by atoms with Crippen molar-refractivity contribution in [3.05, 3.63) is 59.4 Å². The van der Waals surface area contributed by atoms with Gasteiger partial charge in [0.1, 0.15) is 17.3 Å². The summed E-state index contributed by atoms with van der Waals surface area (Å²) in [6, 6.07) is 11.9. The van der Waals surface area contributed by atoms with Crippen LogP contribution in [0.5, 0.6) is 11.5 Å². The van der Waals surface area contributed by atoms with Gasteiger partial charge in [-0.3, -0.25) is 4.79 Å². The number of carbonyl (C=O) groups is 1. The third-order valence-corrected chi connectivity index (χ3v) is 6.27. The van der Waals surface area contributed by atoms with E-state index < -0.39 is 5.82 Å². The van der Waals surface area contributed by atoms with Crippen molar-refractivity contribution >= 4 is 18.3 Å². The Kier molecular flexibility index (Phi) is 7.57. The number of benzene rings is 2. The van der Waals surface area contributed by atoms with Gasteiger partial charge in [-0.25, -0.2) is 4.39 Å². The maximum absolute atomic E-state index is 14.5. The lowest BCUT2D eigenvalue weighted by Crippen LogP contribution is -2.43. The van der Waals surface area contributed by atoms with Crippen LogP contribution in [0.1, 0.15) is 42.1 Å². The Bertz CT molecular complexity index is 898. The third kappa shape index (κ3) is 5.37. The number of carbonyl (C=O) groups excluding carboxylic acids is 1. The van der Waals surface area contributed by atoms with E-state index in [4.69, 9.17) is 15.2 Å². The topological polar surface area (TPSA) is 64.8 Å². The monoisotopic (exact) mass is 448 g/mol. The molecule has 2 aliphatic rings. The van der Waals surface area contributed by atoms with Gasteiger partial charge < -0.3 is 20.1 Å². The molecular formula is C24H30ClFN2O3. The van der Waals surface area contributed by atoms with Gasteiger partial charge in [0.25, 0.3) is 5.91 Å². The first-order valence-corrected chi connectivity index (χ1v) is 10.7. The summed E-state index contributed by atoms with van der Waals surface area (Å²) in [5.74, 6) is 0.274. The molecule has 2 fully saturated rings. The average Bonchev–Trinajstić information content (AvgIpc) is 3.11. The molecule has 0 radical (unpaired) electrons. The highest BCUT2D eigenvalue weighted by Crippen LogP contribution is 2.42. The molecule has 2 aromatic carbocycles. The van der Waals surface area contributed by atoms with Crippen molar-refractivity contribution in [2.75, 3.05) is 26.2 Å². The van der Waals surface area contributed by atoms with Crippen LogP contribution in [0.25, 0.3) is 0 Å². The molecule has 2 aromatic rings. The highest BCUT2D eigenvalue weighted by molar-refractivity contribution is 5.95. The van der Waals surface area contributed by atoms with Crippen molar-refractivity contribution in [1.82, 2.24) is 4.90 Å². The molecule has 2 aliphatic heterocycles. The molecule has 168 valence electrons. The first kappa shape index (κ1) is 23.5. The van der Waals surface area contributed by atoms with E-state index in [0.29, 0.717) is 31.1 Å². The second-order valence-corrected chi connectivity index (χ2v) is 8.54. The molecule has 2 N–H and O–H groups in total. The van der Waals surface area contributed by atoms with Crippen molar-refractivity contribution in [3.8, 4) is 11.5 Å². The Hall–Kier alpha value is -2.15. The number of nitrogens with zero attached hydrogens (tertiary/aromatic N) is 1. The van der Waals surface area contributed by atoms with Crippen LogP contribution in [-0.4, -0.2) is 43.2 Å². The molecule has 0 bridgehead atoms. The first-order valence-electron chi connectivity index (χ1n) is 10.7. The average molecular weight is 449 g/mol. The fraction of sp³-hybridized carbons (Fsp3) is 0.458. The number of nitrogens with two attached hydrogens (primary N) is 1. The summed E-state index contributed by atoms with van der Waals surface area (Å²) in [7, 11) is 0. The zero-order valence-electron chi connectivity index (χ0n) is 17.8. The van der Waals surface area contributed by atoms with Crippen LogP contribution in [0.3, 0.4) is 0 Å². The standard InChI is InChI=1S/C24H29FN2O3.ClH/c1-17-15-24(16-29-17)9-12-27(13-10-24)23(28)21-14-20(6-7-22(21)25)30-19-4-2-18(3-5-19)8-11-26;/h2-7,14,17H,8-13,15-16,26H2,1H3;1H. The fourth-order valence-corrected chi connectivity index (χ4v) is 4.51. The van der Waals surface area contributed by atoms with Gasteiger partial charge in [-0.2, -0.15) is 0 Å². The second-order valence-electron chi connectivity index (χ2n) is 8.54. The van der Waals surface area contributed by atoms with Crippen molar-refractivity contribution in [1.29, 1.82) is 0 Å². The Morgan fingerprint density at radius 1 is 1.19 bits per heavy atom. The van der Waals surface area contributed by atoms with Gasteiger partial charge >= 0.3 is 0 Å². The van der Waals surface area contributed by atoms with Gasteiger partial charge in [-0.1, -0.05) is 12.1 Å². The van der Waals surface area contributed by atoms with Crippen molar-refractivity contribution in [2.24, 2.45) is 11.1 Å². The Morgan fingerprint density at radius 3 is 2.48 bits per heavy atom. The lowest BCUT2D eigenvalue weighted by atomic mass is 9.77. The molecule has 1 spiro atoms. The van der Waals surface area contributed by atoms with Gasteiger partial charge in [0.15, 0.2) is 0 Å². The van der Waals surface area contributed by atoms with Crippen LogP contribution in [0, 0.1) is 11.2 Å². The van der Waals surface area contributed by atoms with E-state index in [-0.39, 0.29) is 35.4 Å². The zero-order chi connectivity index (χ0) is 21.1. The van der Waals surface area contributed by atoms with Crippen LogP contribution in [0.4, 0.5) is 4.39 Å². The lowest BCUT2D eigenvalue weighted by Gasteiger charge is -2.38. The van der Waals surface area contributed by atoms with Crippen LogP contribution < -0.4 is 10.5 Å². The van der Waals surface area contributed by atoms with Crippen LogP contribution in [0.15, 0.2) is 42.5 Å². The molecule has 0 aliphatic carbocycles. The number of amides is 1. The smallest absolute Gasteiger partial charge is 0.256 e. The van der Waals surface area contributed by atoms with Crippen LogP contribution >= 0.6 is 12.4 Å². The second kappa shape index (κ2) is 9.98. The van der Waals surface area contributed by atoms with Gasteiger partial charge in [-0.15, -0.1) is 12.4 Å². The molecule has 1 unspecified atom stereocenters. The van der Waals surface area contributed by atoms with E-state index in [1.54, 1.807) is 11.0 Å². The molecule has 2 saturated heterocycles. The number of halogens is 2. The van der Waals surface area contributed by atoms with Gasteiger partial charge in [0, 0.05) is 13.1 Å². The molecule has 0 aromatic heterocycles. The van der Waals surface area contributed by atoms with E-state index in [0.717, 1.165) is 37.9 Å². The quantitative estimate of drug-likeness (QED) is 0.727. The van der Waals surface area contributed by atoms with Crippen LogP contribution in [0.2, 0.25) is 0 Å². The SMILES string of the molecule is CC1CC2(CCN(C(=O)c3cc(Oc4ccc(CCN)cc4)ccc3F)CC2)CO1.Cl. The minimum atomic E-state index is -0.524. The molecule has 31 heavy (non-hydrogen) atoms. The molecule has 7 heteroatoms. The van der Waals surface area contributed by atoms with E-state index in [2.05, 4.69) is 6.92 Å². The summed E-state index contributed by atoms with van der Waals surface area (Å²) < 4.78 is 26.1. The molecule has 5 nitrogen and oxygen atoms in total. The summed E-state index contributed by atoms with van der Waals surface area (Å²) in [4.78, 5) is 14.7. The molecule has 1 amide bonds. The molecule has 1 atom stereocenters. The van der Waals surface area contributed by atoms with Crippen molar-refractivity contribution in [3.63, 3.8) is 0 Å². The largest absolute Gasteiger partial charge is 0.457 e. The maximum atomic E-state index is 14.5. The van der Waals surface area contributed by atoms with Gasteiger partial charge in [0.2, 0.25) is 0 Å². The number of piperidine rings is 1. The number of rotatable bonds is 5. The number of hydrogen-bond donors (Lipinski definition) is 1. The van der Waals surface area contributed by atoms with E-state index >= 15 is 0 Å². The summed E-state index contributed by atoms with van der Waals surface area (Å²) >= 11 is 0. The minimum absolute atomic E-state index is 0. The predicted molar refractivity (Wildman–Crippen MR) is 121 cm³/mol. The zero-order valence-corrected chi connectivity index (χ0v) is 18.6. The summed E-state index contributed by atoms with van der Waals surface area (Å²) in [5, 5.41) is 0. The summed E-state index contributed by atoms with van der Waals surface area (Å²) in [6.45, 7) is 4.70. The van der Waals surface area contributed by atoms with Gasteiger partial charge in [0.05, 0.1) is 18.3 Å². The molecular weight excluding hydrogens is 419 g/mol. The number of hydrogen-bond acceptors (Lipinski definition) is 4. The normalized spacial score (nSPS) is 19.8. The third-order valence-electron chi connectivity index (χ3n) is 6.27. The van der Waals surface area contributed by atoms with Crippen LogP contribution in [-0.2, 0) is 11.2 Å².